The summed E-state index contributed by atoms with van der Waals surface area (Å²) >= 11 is 0. The average Bonchev–Trinajstić information content (AvgIpc) is 2.46. The molecule has 3 atom stereocenters. The molecule has 2 aliphatic heterocycles. The Labute approximate surface area is 71.2 Å². The molecule has 0 spiro atoms. The van der Waals surface area contributed by atoms with Crippen LogP contribution in [0.3, 0.4) is 0 Å². The molecule has 3 unspecified atom stereocenters. The minimum absolute atomic E-state index is 0.0460. The van der Waals surface area contributed by atoms with Crippen molar-refractivity contribution in [2.45, 2.75) is 25.6 Å². The number of aliphatic hydroxyl groups is 1. The van der Waals surface area contributed by atoms with Crippen molar-refractivity contribution in [1.29, 1.82) is 0 Å². The number of nitrogens with zero attached hydrogens (tertiary/aromatic N) is 1. The molecule has 4 heteroatoms. The Hall–Kier alpha value is -0.610. The summed E-state index contributed by atoms with van der Waals surface area (Å²) in [7, 11) is 0. The Balaban J connectivity index is 2.06. The second-order valence-electron chi connectivity index (χ2n) is 3.37. The summed E-state index contributed by atoms with van der Waals surface area (Å²) in [5, 5.41) is 12.8. The molecule has 0 saturated carbocycles. The molecule has 2 rings (SSSR count). The SMILES string of the molecule is CC1CC2C(=NOC2CO)CO1. The van der Waals surface area contributed by atoms with E-state index in [9.17, 15) is 0 Å². The van der Waals surface area contributed by atoms with E-state index in [1.54, 1.807) is 0 Å². The standard InChI is InChI=1S/C8H13NO3/c1-5-2-6-7(4-11-5)9-12-8(6)3-10/h5-6,8,10H,2-4H2,1H3. The third kappa shape index (κ3) is 1.21. The summed E-state index contributed by atoms with van der Waals surface area (Å²) in [5.74, 6) is 0.277. The van der Waals surface area contributed by atoms with E-state index in [-0.39, 0.29) is 24.7 Å². The van der Waals surface area contributed by atoms with Crippen molar-refractivity contribution in [3.63, 3.8) is 0 Å². The fourth-order valence-corrected chi connectivity index (χ4v) is 1.73. The van der Waals surface area contributed by atoms with Crippen LogP contribution in [0.2, 0.25) is 0 Å². The first-order chi connectivity index (χ1) is 5.81. The molecule has 0 aromatic heterocycles. The zero-order valence-electron chi connectivity index (χ0n) is 7.06. The lowest BCUT2D eigenvalue weighted by molar-refractivity contribution is -0.00329. The van der Waals surface area contributed by atoms with Gasteiger partial charge in [-0.1, -0.05) is 5.16 Å². The van der Waals surface area contributed by atoms with Crippen LogP contribution < -0.4 is 0 Å². The highest BCUT2D eigenvalue weighted by Gasteiger charge is 2.37. The fourth-order valence-electron chi connectivity index (χ4n) is 1.73. The molecule has 0 aliphatic carbocycles. The average molecular weight is 171 g/mol. The molecule has 68 valence electrons. The topological polar surface area (TPSA) is 51.0 Å². The largest absolute Gasteiger partial charge is 0.392 e. The number of oxime groups is 1. The van der Waals surface area contributed by atoms with Crippen LogP contribution in [0.1, 0.15) is 13.3 Å². The van der Waals surface area contributed by atoms with Gasteiger partial charge in [0, 0.05) is 5.92 Å². The predicted molar refractivity (Wildman–Crippen MR) is 42.9 cm³/mol. The van der Waals surface area contributed by atoms with E-state index < -0.39 is 0 Å². The number of hydrogen-bond acceptors (Lipinski definition) is 4. The normalized spacial score (nSPS) is 40.2. The lowest BCUT2D eigenvalue weighted by Crippen LogP contribution is -2.37. The van der Waals surface area contributed by atoms with Crippen LogP contribution >= 0.6 is 0 Å². The molecule has 0 radical (unpaired) electrons. The van der Waals surface area contributed by atoms with Gasteiger partial charge in [-0.25, -0.2) is 0 Å². The Kier molecular flexibility index (Phi) is 2.02. The first-order valence-electron chi connectivity index (χ1n) is 4.26. The summed E-state index contributed by atoms with van der Waals surface area (Å²) < 4.78 is 5.39. The van der Waals surface area contributed by atoms with Gasteiger partial charge in [-0.15, -0.1) is 0 Å². The first kappa shape index (κ1) is 8.01. The number of aliphatic hydroxyl groups excluding tert-OH is 1. The van der Waals surface area contributed by atoms with Gasteiger partial charge in [-0.05, 0) is 13.3 Å². The quantitative estimate of drug-likeness (QED) is 0.611. The third-order valence-corrected chi connectivity index (χ3v) is 2.46. The molecule has 12 heavy (non-hydrogen) atoms. The number of rotatable bonds is 1. The second-order valence-corrected chi connectivity index (χ2v) is 3.37. The highest BCUT2D eigenvalue weighted by atomic mass is 16.7. The van der Waals surface area contributed by atoms with E-state index in [2.05, 4.69) is 5.16 Å². The molecule has 2 heterocycles. The zero-order valence-corrected chi connectivity index (χ0v) is 7.06. The lowest BCUT2D eigenvalue weighted by Gasteiger charge is -2.26. The summed E-state index contributed by atoms with van der Waals surface area (Å²) in [6.45, 7) is 2.64. The van der Waals surface area contributed by atoms with Crippen molar-refractivity contribution in [2.24, 2.45) is 11.1 Å². The third-order valence-electron chi connectivity index (χ3n) is 2.46. The van der Waals surface area contributed by atoms with Gasteiger partial charge in [0.1, 0.15) is 0 Å². The maximum Gasteiger partial charge on any atom is 0.158 e. The summed E-state index contributed by atoms with van der Waals surface area (Å²) in [5.41, 5.74) is 0.951. The van der Waals surface area contributed by atoms with Crippen LogP contribution in [0.25, 0.3) is 0 Å². The van der Waals surface area contributed by atoms with Crippen LogP contribution in [-0.2, 0) is 9.57 Å². The van der Waals surface area contributed by atoms with Crippen molar-refractivity contribution in [3.05, 3.63) is 0 Å². The van der Waals surface area contributed by atoms with Gasteiger partial charge in [0.25, 0.3) is 0 Å². The van der Waals surface area contributed by atoms with E-state index in [1.807, 2.05) is 6.92 Å². The van der Waals surface area contributed by atoms with Crippen molar-refractivity contribution in [1.82, 2.24) is 0 Å². The molecule has 1 N–H and O–H groups in total. The van der Waals surface area contributed by atoms with Gasteiger partial charge >= 0.3 is 0 Å². The molecule has 2 aliphatic rings. The molecule has 0 amide bonds. The Morgan fingerprint density at radius 3 is 3.25 bits per heavy atom. The molecular weight excluding hydrogens is 158 g/mol. The molecule has 1 saturated heterocycles. The van der Waals surface area contributed by atoms with Gasteiger partial charge in [0.05, 0.1) is 25.0 Å². The van der Waals surface area contributed by atoms with Crippen molar-refractivity contribution in [3.8, 4) is 0 Å². The minimum atomic E-state index is -0.133. The van der Waals surface area contributed by atoms with E-state index in [0.29, 0.717) is 6.61 Å². The van der Waals surface area contributed by atoms with Crippen molar-refractivity contribution in [2.75, 3.05) is 13.2 Å². The Morgan fingerprint density at radius 1 is 1.67 bits per heavy atom. The summed E-state index contributed by atoms with van der Waals surface area (Å²) in [6, 6.07) is 0. The lowest BCUT2D eigenvalue weighted by atomic mass is 9.90. The first-order valence-corrected chi connectivity index (χ1v) is 4.26. The van der Waals surface area contributed by atoms with E-state index in [0.717, 1.165) is 12.1 Å². The molecule has 4 nitrogen and oxygen atoms in total. The van der Waals surface area contributed by atoms with E-state index >= 15 is 0 Å². The minimum Gasteiger partial charge on any atom is -0.392 e. The molecule has 0 aromatic rings. The van der Waals surface area contributed by atoms with Gasteiger partial charge < -0.3 is 14.7 Å². The van der Waals surface area contributed by atoms with Gasteiger partial charge in [0.2, 0.25) is 0 Å². The van der Waals surface area contributed by atoms with Crippen LogP contribution in [0.4, 0.5) is 0 Å². The smallest absolute Gasteiger partial charge is 0.158 e. The number of fused-ring (bicyclic) bond motifs is 1. The molecule has 0 bridgehead atoms. The highest BCUT2D eigenvalue weighted by Crippen LogP contribution is 2.27. The Bertz CT molecular complexity index is 204. The van der Waals surface area contributed by atoms with Crippen molar-refractivity contribution < 1.29 is 14.7 Å². The number of hydrogen-bond donors (Lipinski definition) is 1. The van der Waals surface area contributed by atoms with E-state index in [4.69, 9.17) is 14.7 Å². The van der Waals surface area contributed by atoms with Crippen molar-refractivity contribution >= 4 is 5.71 Å². The monoisotopic (exact) mass is 171 g/mol. The summed E-state index contributed by atoms with van der Waals surface area (Å²) in [4.78, 5) is 5.06. The molecule has 1 fully saturated rings. The fraction of sp³-hybridized carbons (Fsp3) is 0.875. The number of ether oxygens (including phenoxy) is 1. The van der Waals surface area contributed by atoms with Crippen LogP contribution in [0, 0.1) is 5.92 Å². The Morgan fingerprint density at radius 2 is 2.50 bits per heavy atom. The molecule has 0 aromatic carbocycles. The molecular formula is C8H13NO3. The maximum atomic E-state index is 8.95. The van der Waals surface area contributed by atoms with Gasteiger partial charge in [-0.2, -0.15) is 0 Å². The zero-order chi connectivity index (χ0) is 8.55. The second kappa shape index (κ2) is 3.03. The summed E-state index contributed by atoms with van der Waals surface area (Å²) in [6.07, 6.45) is 1.03. The highest BCUT2D eigenvalue weighted by molar-refractivity contribution is 5.89. The van der Waals surface area contributed by atoms with Gasteiger partial charge in [0.15, 0.2) is 6.10 Å². The van der Waals surface area contributed by atoms with Crippen LogP contribution in [-0.4, -0.2) is 36.2 Å². The van der Waals surface area contributed by atoms with Crippen LogP contribution in [0.15, 0.2) is 5.16 Å². The van der Waals surface area contributed by atoms with Crippen LogP contribution in [0.5, 0.6) is 0 Å². The van der Waals surface area contributed by atoms with E-state index in [1.165, 1.54) is 0 Å². The van der Waals surface area contributed by atoms with Gasteiger partial charge in [-0.3, -0.25) is 0 Å². The predicted octanol–water partition coefficient (Wildman–Crippen LogP) is 0.159. The maximum absolute atomic E-state index is 8.95.